The Morgan fingerprint density at radius 2 is 1.97 bits per heavy atom. The summed E-state index contributed by atoms with van der Waals surface area (Å²) < 4.78 is 46.1. The summed E-state index contributed by atoms with van der Waals surface area (Å²) in [6, 6.07) is 15.9. The zero-order valence-corrected chi connectivity index (χ0v) is 16.0. The third-order valence-corrected chi connectivity index (χ3v) is 5.84. The average Bonchev–Trinajstić information content (AvgIpc) is 3.55. The minimum absolute atomic E-state index is 0.0258. The Morgan fingerprint density at radius 3 is 2.66 bits per heavy atom. The van der Waals surface area contributed by atoms with Crippen LogP contribution in [0.1, 0.15) is 29.9 Å². The number of pyridine rings is 1. The Labute approximate surface area is 167 Å². The van der Waals surface area contributed by atoms with Crippen molar-refractivity contribution < 1.29 is 17.5 Å². The van der Waals surface area contributed by atoms with Crippen molar-refractivity contribution in [2.24, 2.45) is 0 Å². The first-order valence-corrected chi connectivity index (χ1v) is 10.4. The van der Waals surface area contributed by atoms with Gasteiger partial charge in [0.2, 0.25) is 0 Å². The molecule has 4 rings (SSSR count). The number of nitrogens with one attached hydrogen (secondary N) is 1. The van der Waals surface area contributed by atoms with E-state index in [1.165, 1.54) is 29.8 Å². The fourth-order valence-electron chi connectivity index (χ4n) is 2.86. The molecule has 146 valence electrons. The molecule has 1 fully saturated rings. The SMILES string of the molecule is N#Cc1cc(S(=O)(=O)Nc2ccc(F)cn2)ccc1Oc1cccc(C2CC2)c1. The summed E-state index contributed by atoms with van der Waals surface area (Å²) in [7, 11) is -4.00. The molecule has 1 aromatic heterocycles. The van der Waals surface area contributed by atoms with Crippen LogP contribution in [0.5, 0.6) is 11.5 Å². The van der Waals surface area contributed by atoms with Crippen LogP contribution >= 0.6 is 0 Å². The average molecular weight is 409 g/mol. The molecule has 29 heavy (non-hydrogen) atoms. The van der Waals surface area contributed by atoms with Gasteiger partial charge in [0, 0.05) is 0 Å². The number of halogens is 1. The van der Waals surface area contributed by atoms with E-state index in [0.29, 0.717) is 11.7 Å². The van der Waals surface area contributed by atoms with Gasteiger partial charge in [-0.25, -0.2) is 17.8 Å². The largest absolute Gasteiger partial charge is 0.456 e. The maximum atomic E-state index is 12.9. The highest BCUT2D eigenvalue weighted by Gasteiger charge is 2.24. The van der Waals surface area contributed by atoms with E-state index in [2.05, 4.69) is 9.71 Å². The summed E-state index contributed by atoms with van der Waals surface area (Å²) in [6.07, 6.45) is 3.23. The lowest BCUT2D eigenvalue weighted by Gasteiger charge is -2.11. The lowest BCUT2D eigenvalue weighted by atomic mass is 10.1. The highest BCUT2D eigenvalue weighted by atomic mass is 32.2. The Hall–Kier alpha value is -3.44. The van der Waals surface area contributed by atoms with E-state index in [1.54, 1.807) is 6.07 Å². The third kappa shape index (κ3) is 4.36. The number of rotatable bonds is 6. The summed E-state index contributed by atoms with van der Waals surface area (Å²) in [5.41, 5.74) is 1.27. The first-order chi connectivity index (χ1) is 13.9. The first kappa shape index (κ1) is 18.9. The lowest BCUT2D eigenvalue weighted by molar-refractivity contribution is 0.480. The van der Waals surface area contributed by atoms with Crippen molar-refractivity contribution >= 4 is 15.8 Å². The van der Waals surface area contributed by atoms with Gasteiger partial charge in [-0.3, -0.25) is 4.72 Å². The molecule has 1 heterocycles. The van der Waals surface area contributed by atoms with Crippen LogP contribution in [-0.4, -0.2) is 13.4 Å². The molecule has 0 amide bonds. The Balaban J connectivity index is 1.58. The second kappa shape index (κ2) is 7.53. The van der Waals surface area contributed by atoms with Crippen LogP contribution in [0.2, 0.25) is 0 Å². The monoisotopic (exact) mass is 409 g/mol. The van der Waals surface area contributed by atoms with Crippen molar-refractivity contribution in [3.63, 3.8) is 0 Å². The number of ether oxygens (including phenoxy) is 1. The number of benzene rings is 2. The van der Waals surface area contributed by atoms with E-state index in [1.807, 2.05) is 24.3 Å². The molecule has 0 unspecified atom stereocenters. The van der Waals surface area contributed by atoms with Crippen molar-refractivity contribution in [1.29, 1.82) is 5.26 Å². The van der Waals surface area contributed by atoms with Gasteiger partial charge in [0.25, 0.3) is 10.0 Å². The summed E-state index contributed by atoms with van der Waals surface area (Å²) in [5.74, 6) is 0.816. The second-order valence-corrected chi connectivity index (χ2v) is 8.37. The van der Waals surface area contributed by atoms with Gasteiger partial charge in [0.1, 0.15) is 29.2 Å². The standard InChI is InChI=1S/C21H16FN3O3S/c22-17-6-9-21(24-13-17)25-29(26,27)19-7-8-20(16(11-19)12-23)28-18-3-1-2-15(10-18)14-4-5-14/h1-3,6-11,13-14H,4-5H2,(H,24,25). The number of nitriles is 1. The number of hydrogen-bond acceptors (Lipinski definition) is 5. The molecular weight excluding hydrogens is 393 g/mol. The molecule has 0 bridgehead atoms. The number of hydrogen-bond donors (Lipinski definition) is 1. The number of nitrogens with zero attached hydrogens (tertiary/aromatic N) is 2. The van der Waals surface area contributed by atoms with Crippen molar-refractivity contribution in [1.82, 2.24) is 4.98 Å². The topological polar surface area (TPSA) is 92.1 Å². The van der Waals surface area contributed by atoms with Crippen LogP contribution in [0, 0.1) is 17.1 Å². The number of sulfonamides is 1. The summed E-state index contributed by atoms with van der Waals surface area (Å²) in [4.78, 5) is 3.55. The zero-order chi connectivity index (χ0) is 20.4. The van der Waals surface area contributed by atoms with E-state index in [-0.39, 0.29) is 22.0 Å². The maximum absolute atomic E-state index is 12.9. The van der Waals surface area contributed by atoms with Crippen molar-refractivity contribution in [3.8, 4) is 17.6 Å². The second-order valence-electron chi connectivity index (χ2n) is 6.69. The van der Waals surface area contributed by atoms with Gasteiger partial charge in [0.05, 0.1) is 16.7 Å². The molecule has 0 atom stereocenters. The molecule has 2 aromatic carbocycles. The van der Waals surface area contributed by atoms with Crippen LogP contribution in [0.15, 0.2) is 65.7 Å². The molecule has 0 saturated heterocycles. The van der Waals surface area contributed by atoms with E-state index in [9.17, 15) is 18.1 Å². The predicted molar refractivity (Wildman–Crippen MR) is 105 cm³/mol. The molecule has 3 aromatic rings. The molecule has 0 radical (unpaired) electrons. The van der Waals surface area contributed by atoms with Crippen molar-refractivity contribution in [2.75, 3.05) is 4.72 Å². The van der Waals surface area contributed by atoms with E-state index in [4.69, 9.17) is 4.74 Å². The van der Waals surface area contributed by atoms with Crippen molar-refractivity contribution in [3.05, 3.63) is 77.7 Å². The van der Waals surface area contributed by atoms with E-state index >= 15 is 0 Å². The lowest BCUT2D eigenvalue weighted by Crippen LogP contribution is -2.14. The van der Waals surface area contributed by atoms with Crippen LogP contribution in [-0.2, 0) is 10.0 Å². The highest BCUT2D eigenvalue weighted by Crippen LogP contribution is 2.41. The Kier molecular flexibility index (Phi) is 4.91. The first-order valence-electron chi connectivity index (χ1n) is 8.91. The normalized spacial score (nSPS) is 13.5. The molecule has 8 heteroatoms. The summed E-state index contributed by atoms with van der Waals surface area (Å²) >= 11 is 0. The molecule has 0 spiro atoms. The molecule has 1 saturated carbocycles. The zero-order valence-electron chi connectivity index (χ0n) is 15.2. The minimum atomic E-state index is -4.00. The molecular formula is C21H16FN3O3S. The van der Waals surface area contributed by atoms with Gasteiger partial charge in [-0.15, -0.1) is 0 Å². The quantitative estimate of drug-likeness (QED) is 0.644. The van der Waals surface area contributed by atoms with Crippen LogP contribution in [0.25, 0.3) is 0 Å². The summed E-state index contributed by atoms with van der Waals surface area (Å²) in [6.45, 7) is 0. The van der Waals surface area contributed by atoms with Gasteiger partial charge in [-0.1, -0.05) is 12.1 Å². The van der Waals surface area contributed by atoms with E-state index < -0.39 is 15.8 Å². The molecule has 1 aliphatic carbocycles. The maximum Gasteiger partial charge on any atom is 0.263 e. The van der Waals surface area contributed by atoms with Crippen LogP contribution in [0.4, 0.5) is 10.2 Å². The Morgan fingerprint density at radius 1 is 1.14 bits per heavy atom. The predicted octanol–water partition coefficient (Wildman–Crippen LogP) is 4.56. The smallest absolute Gasteiger partial charge is 0.263 e. The van der Waals surface area contributed by atoms with Gasteiger partial charge in [-0.2, -0.15) is 5.26 Å². The van der Waals surface area contributed by atoms with Gasteiger partial charge >= 0.3 is 0 Å². The molecule has 1 aliphatic rings. The third-order valence-electron chi connectivity index (χ3n) is 4.48. The van der Waals surface area contributed by atoms with Gasteiger partial charge in [-0.05, 0) is 66.8 Å². The van der Waals surface area contributed by atoms with Crippen LogP contribution in [0.3, 0.4) is 0 Å². The minimum Gasteiger partial charge on any atom is -0.456 e. The van der Waals surface area contributed by atoms with Crippen LogP contribution < -0.4 is 9.46 Å². The molecule has 0 aliphatic heterocycles. The fourth-order valence-corrected chi connectivity index (χ4v) is 3.90. The number of aromatic nitrogens is 1. The molecule has 1 N–H and O–H groups in total. The number of anilines is 1. The molecule has 6 nitrogen and oxygen atoms in total. The van der Waals surface area contributed by atoms with Gasteiger partial charge < -0.3 is 4.74 Å². The summed E-state index contributed by atoms with van der Waals surface area (Å²) in [5, 5.41) is 9.46. The fraction of sp³-hybridized carbons (Fsp3) is 0.143. The Bertz CT molecular complexity index is 1200. The van der Waals surface area contributed by atoms with Gasteiger partial charge in [0.15, 0.2) is 0 Å². The van der Waals surface area contributed by atoms with E-state index in [0.717, 1.165) is 25.1 Å². The van der Waals surface area contributed by atoms with Crippen molar-refractivity contribution in [2.45, 2.75) is 23.7 Å². The highest BCUT2D eigenvalue weighted by molar-refractivity contribution is 7.92.